The number of rotatable bonds is 7. The van der Waals surface area contributed by atoms with Gasteiger partial charge in [-0.25, -0.2) is 0 Å². The van der Waals surface area contributed by atoms with Crippen molar-refractivity contribution in [3.05, 3.63) is 212 Å². The summed E-state index contributed by atoms with van der Waals surface area (Å²) in [5, 5.41) is 5.07. The largest absolute Gasteiger partial charge is 0.309 e. The number of thiophene rings is 1. The highest BCUT2D eigenvalue weighted by atomic mass is 32.1. The molecular formula is C52H35NS. The van der Waals surface area contributed by atoms with Crippen LogP contribution in [0.3, 0.4) is 0 Å². The number of benzene rings is 9. The van der Waals surface area contributed by atoms with E-state index in [1.54, 1.807) is 0 Å². The van der Waals surface area contributed by atoms with Gasteiger partial charge in [-0.05, 0) is 86.6 Å². The summed E-state index contributed by atoms with van der Waals surface area (Å²) < 4.78 is 2.60. The smallest absolute Gasteiger partial charge is 0.0540 e. The van der Waals surface area contributed by atoms with Crippen LogP contribution < -0.4 is 4.90 Å². The zero-order valence-corrected chi connectivity index (χ0v) is 30.4. The quantitative estimate of drug-likeness (QED) is 0.160. The van der Waals surface area contributed by atoms with Gasteiger partial charge in [0, 0.05) is 37.0 Å². The van der Waals surface area contributed by atoms with E-state index in [1.807, 2.05) is 11.3 Å². The molecule has 0 aliphatic rings. The minimum atomic E-state index is 1.12. The number of nitrogens with zero attached hydrogens (tertiary/aromatic N) is 1. The maximum absolute atomic E-state index is 2.46. The van der Waals surface area contributed by atoms with E-state index < -0.39 is 0 Å². The number of para-hydroxylation sites is 2. The van der Waals surface area contributed by atoms with Gasteiger partial charge in [0.15, 0.2) is 0 Å². The molecule has 9 aromatic carbocycles. The molecule has 0 aliphatic heterocycles. The van der Waals surface area contributed by atoms with E-state index in [1.165, 1.54) is 75.5 Å². The zero-order valence-electron chi connectivity index (χ0n) is 29.6. The summed E-state index contributed by atoms with van der Waals surface area (Å²) in [5.41, 5.74) is 12.9. The van der Waals surface area contributed by atoms with Gasteiger partial charge in [-0.2, -0.15) is 0 Å². The molecule has 10 rings (SSSR count). The second-order valence-electron chi connectivity index (χ2n) is 13.7. The number of hydrogen-bond acceptors (Lipinski definition) is 2. The Hall–Kier alpha value is -6.74. The van der Waals surface area contributed by atoms with Crippen LogP contribution in [0.15, 0.2) is 212 Å². The first-order valence-corrected chi connectivity index (χ1v) is 19.2. The summed E-state index contributed by atoms with van der Waals surface area (Å²) in [6.07, 6.45) is 0. The lowest BCUT2D eigenvalue weighted by molar-refractivity contribution is 1.29. The van der Waals surface area contributed by atoms with E-state index in [4.69, 9.17) is 0 Å². The van der Waals surface area contributed by atoms with Gasteiger partial charge >= 0.3 is 0 Å². The van der Waals surface area contributed by atoms with Crippen molar-refractivity contribution < 1.29 is 0 Å². The molecule has 0 amide bonds. The standard InChI is InChI=1S/C52H35NS/c1-2-14-36(15-3-1)37-28-30-39(31-29-37)45-21-6-9-25-49(45)53(42-32-33-52-48(35-42)47-23-8-11-27-51(47)54-52)50-26-10-7-22-46(50)41-19-12-18-40(34-41)44-24-13-17-38-16-4-5-20-43(38)44/h1-35H. The highest BCUT2D eigenvalue weighted by Gasteiger charge is 2.21. The molecule has 1 heterocycles. The first kappa shape index (κ1) is 32.0. The van der Waals surface area contributed by atoms with Crippen molar-refractivity contribution in [1.29, 1.82) is 0 Å². The predicted octanol–water partition coefficient (Wildman–Crippen LogP) is 15.3. The molecule has 0 atom stereocenters. The normalized spacial score (nSPS) is 11.3. The molecule has 0 bridgehead atoms. The summed E-state index contributed by atoms with van der Waals surface area (Å²) in [7, 11) is 0. The lowest BCUT2D eigenvalue weighted by Gasteiger charge is -2.30. The summed E-state index contributed by atoms with van der Waals surface area (Å²) in [4.78, 5) is 2.46. The van der Waals surface area contributed by atoms with Crippen molar-refractivity contribution in [3.63, 3.8) is 0 Å². The van der Waals surface area contributed by atoms with Crippen LogP contribution in [0.5, 0.6) is 0 Å². The SMILES string of the molecule is c1ccc(-c2ccc(-c3ccccc3N(c3ccc4sc5ccccc5c4c3)c3ccccc3-c3cccc(-c4cccc5ccccc45)c3)cc2)cc1. The first-order chi connectivity index (χ1) is 26.8. The molecule has 0 saturated carbocycles. The monoisotopic (exact) mass is 705 g/mol. The van der Waals surface area contributed by atoms with E-state index in [0.717, 1.165) is 17.1 Å². The van der Waals surface area contributed by atoms with Crippen LogP contribution in [0, 0.1) is 0 Å². The first-order valence-electron chi connectivity index (χ1n) is 18.4. The van der Waals surface area contributed by atoms with Gasteiger partial charge in [0.05, 0.1) is 11.4 Å². The van der Waals surface area contributed by atoms with Gasteiger partial charge in [0.1, 0.15) is 0 Å². The molecule has 1 aromatic heterocycles. The second kappa shape index (κ2) is 13.7. The Kier molecular flexibility index (Phi) is 8.09. The number of fused-ring (bicyclic) bond motifs is 4. The fourth-order valence-corrected chi connectivity index (χ4v) is 8.98. The topological polar surface area (TPSA) is 3.24 Å². The summed E-state index contributed by atoms with van der Waals surface area (Å²) in [6, 6.07) is 77.2. The van der Waals surface area contributed by atoms with E-state index in [9.17, 15) is 0 Å². The molecule has 2 heteroatoms. The summed E-state index contributed by atoms with van der Waals surface area (Å²) in [6.45, 7) is 0. The van der Waals surface area contributed by atoms with Gasteiger partial charge < -0.3 is 4.90 Å². The molecule has 0 radical (unpaired) electrons. The van der Waals surface area contributed by atoms with E-state index >= 15 is 0 Å². The average Bonchev–Trinajstić information content (AvgIpc) is 3.62. The summed E-state index contributed by atoms with van der Waals surface area (Å²) in [5.74, 6) is 0. The average molecular weight is 706 g/mol. The molecule has 54 heavy (non-hydrogen) atoms. The van der Waals surface area contributed by atoms with Crippen molar-refractivity contribution in [1.82, 2.24) is 0 Å². The van der Waals surface area contributed by atoms with E-state index in [-0.39, 0.29) is 0 Å². The molecule has 254 valence electrons. The van der Waals surface area contributed by atoms with Crippen LogP contribution in [0.1, 0.15) is 0 Å². The Morgan fingerprint density at radius 2 is 0.815 bits per heavy atom. The van der Waals surface area contributed by atoms with Gasteiger partial charge in [-0.3, -0.25) is 0 Å². The highest BCUT2D eigenvalue weighted by molar-refractivity contribution is 7.25. The Morgan fingerprint density at radius 1 is 0.296 bits per heavy atom. The molecular weight excluding hydrogens is 671 g/mol. The van der Waals surface area contributed by atoms with Crippen molar-refractivity contribution in [2.45, 2.75) is 0 Å². The van der Waals surface area contributed by atoms with Crippen LogP contribution >= 0.6 is 11.3 Å². The highest BCUT2D eigenvalue weighted by Crippen LogP contribution is 2.47. The maximum atomic E-state index is 2.46. The second-order valence-corrected chi connectivity index (χ2v) is 14.8. The van der Waals surface area contributed by atoms with Gasteiger partial charge in [0.25, 0.3) is 0 Å². The molecule has 1 nitrogen and oxygen atoms in total. The lowest BCUT2D eigenvalue weighted by Crippen LogP contribution is -2.12. The van der Waals surface area contributed by atoms with Crippen molar-refractivity contribution in [2.75, 3.05) is 4.90 Å². The molecule has 0 unspecified atom stereocenters. The summed E-state index contributed by atoms with van der Waals surface area (Å²) >= 11 is 1.85. The predicted molar refractivity (Wildman–Crippen MR) is 233 cm³/mol. The lowest BCUT2D eigenvalue weighted by atomic mass is 9.94. The van der Waals surface area contributed by atoms with Crippen molar-refractivity contribution >= 4 is 59.3 Å². The van der Waals surface area contributed by atoms with Gasteiger partial charge in [0.2, 0.25) is 0 Å². The van der Waals surface area contributed by atoms with E-state index in [0.29, 0.717) is 0 Å². The molecule has 0 aliphatic carbocycles. The third-order valence-corrected chi connectivity index (χ3v) is 11.6. The number of anilines is 3. The fourth-order valence-electron chi connectivity index (χ4n) is 7.89. The third-order valence-electron chi connectivity index (χ3n) is 10.5. The maximum Gasteiger partial charge on any atom is 0.0540 e. The van der Waals surface area contributed by atoms with Gasteiger partial charge in [-0.1, -0.05) is 170 Å². The zero-order chi connectivity index (χ0) is 35.8. The van der Waals surface area contributed by atoms with Crippen LogP contribution in [-0.4, -0.2) is 0 Å². The minimum absolute atomic E-state index is 1.12. The third kappa shape index (κ3) is 5.74. The fraction of sp³-hybridized carbons (Fsp3) is 0. The molecule has 0 spiro atoms. The molecule has 10 aromatic rings. The van der Waals surface area contributed by atoms with Crippen LogP contribution in [0.2, 0.25) is 0 Å². The van der Waals surface area contributed by atoms with Crippen molar-refractivity contribution in [3.8, 4) is 44.5 Å². The van der Waals surface area contributed by atoms with Crippen LogP contribution in [-0.2, 0) is 0 Å². The minimum Gasteiger partial charge on any atom is -0.309 e. The Labute approximate surface area is 319 Å². The Balaban J connectivity index is 1.17. The van der Waals surface area contributed by atoms with E-state index in [2.05, 4.69) is 217 Å². The number of hydrogen-bond donors (Lipinski definition) is 0. The van der Waals surface area contributed by atoms with Gasteiger partial charge in [-0.15, -0.1) is 11.3 Å². The van der Waals surface area contributed by atoms with Crippen LogP contribution in [0.25, 0.3) is 75.5 Å². The Morgan fingerprint density at radius 3 is 1.61 bits per heavy atom. The molecule has 0 N–H and O–H groups in total. The Bertz CT molecular complexity index is 2930. The van der Waals surface area contributed by atoms with Crippen molar-refractivity contribution in [2.24, 2.45) is 0 Å². The molecule has 0 fully saturated rings. The van der Waals surface area contributed by atoms with Crippen LogP contribution in [0.4, 0.5) is 17.1 Å². The molecule has 0 saturated heterocycles.